The summed E-state index contributed by atoms with van der Waals surface area (Å²) in [5.74, 6) is -0.738. The normalized spacial score (nSPS) is 17.4. The molecule has 1 aromatic heterocycles. The lowest BCUT2D eigenvalue weighted by atomic mass is 9.95. The van der Waals surface area contributed by atoms with Crippen LogP contribution in [0.4, 0.5) is 17.6 Å². The molecule has 1 atom stereocenters. The average Bonchev–Trinajstić information content (AvgIpc) is 3.42. The van der Waals surface area contributed by atoms with Crippen LogP contribution in [0.5, 0.6) is 0 Å². The molecule has 1 aliphatic carbocycles. The van der Waals surface area contributed by atoms with Crippen LogP contribution in [0.2, 0.25) is 0 Å². The summed E-state index contributed by atoms with van der Waals surface area (Å²) in [6, 6.07) is 3.61. The van der Waals surface area contributed by atoms with E-state index in [2.05, 4.69) is 28.6 Å². The van der Waals surface area contributed by atoms with Crippen LogP contribution in [0.1, 0.15) is 72.6 Å². The Bertz CT molecular complexity index is 1260. The van der Waals surface area contributed by atoms with Gasteiger partial charge < -0.3 is 10.2 Å². The number of aliphatic imine (C=N–C) groups is 1. The third-order valence-corrected chi connectivity index (χ3v) is 6.73. The molecule has 2 fully saturated rings. The first-order valence-electron chi connectivity index (χ1n) is 12.9. The third-order valence-electron chi connectivity index (χ3n) is 6.73. The minimum atomic E-state index is -4.57. The summed E-state index contributed by atoms with van der Waals surface area (Å²) in [4.78, 5) is 18.4. The minimum Gasteiger partial charge on any atom is -0.362 e. The number of halogens is 4. The van der Waals surface area contributed by atoms with Crippen molar-refractivity contribution in [1.82, 2.24) is 20.0 Å². The van der Waals surface area contributed by atoms with E-state index in [1.807, 2.05) is 26.8 Å². The van der Waals surface area contributed by atoms with E-state index in [-0.39, 0.29) is 17.8 Å². The van der Waals surface area contributed by atoms with Crippen LogP contribution in [-0.4, -0.2) is 33.3 Å². The van der Waals surface area contributed by atoms with Crippen LogP contribution in [0.3, 0.4) is 0 Å². The van der Waals surface area contributed by atoms with Gasteiger partial charge in [-0.2, -0.15) is 18.3 Å². The molecule has 0 radical (unpaired) electrons. The van der Waals surface area contributed by atoms with E-state index >= 15 is 0 Å². The van der Waals surface area contributed by atoms with Gasteiger partial charge in [0.2, 0.25) is 5.91 Å². The van der Waals surface area contributed by atoms with Crippen LogP contribution < -0.4 is 5.32 Å². The molecule has 1 aromatic carbocycles. The van der Waals surface area contributed by atoms with Gasteiger partial charge in [-0.25, -0.2) is 4.39 Å². The zero-order valence-electron chi connectivity index (χ0n) is 22.6. The predicted molar refractivity (Wildman–Crippen MR) is 145 cm³/mol. The van der Waals surface area contributed by atoms with Crippen LogP contribution in [0.15, 0.2) is 60.5 Å². The number of hydrogen-bond acceptors (Lipinski definition) is 4. The highest BCUT2D eigenvalue weighted by molar-refractivity contribution is 5.77. The number of allylic oxidation sites excluding steroid dienone is 2. The van der Waals surface area contributed by atoms with Crippen molar-refractivity contribution in [3.05, 3.63) is 89.4 Å². The Labute approximate surface area is 226 Å². The van der Waals surface area contributed by atoms with Crippen molar-refractivity contribution in [3.8, 4) is 0 Å². The van der Waals surface area contributed by atoms with Gasteiger partial charge in [0.05, 0.1) is 11.7 Å². The topological polar surface area (TPSA) is 62.5 Å². The molecule has 2 heterocycles. The Morgan fingerprint density at radius 1 is 1.23 bits per heavy atom. The molecule has 4 rings (SSSR count). The van der Waals surface area contributed by atoms with Gasteiger partial charge >= 0.3 is 6.18 Å². The summed E-state index contributed by atoms with van der Waals surface area (Å²) in [6.45, 7) is 12.7. The summed E-state index contributed by atoms with van der Waals surface area (Å²) >= 11 is 0. The number of nitrogens with zero attached hydrogens (tertiary/aromatic N) is 4. The first kappa shape index (κ1) is 29.9. The lowest BCUT2D eigenvalue weighted by Crippen LogP contribution is -2.35. The van der Waals surface area contributed by atoms with Crippen LogP contribution in [0.25, 0.3) is 0 Å². The minimum absolute atomic E-state index is 0.0601. The first-order chi connectivity index (χ1) is 18.5. The molecule has 6 nitrogen and oxygen atoms in total. The van der Waals surface area contributed by atoms with Gasteiger partial charge in [0.1, 0.15) is 18.1 Å². The van der Waals surface area contributed by atoms with Gasteiger partial charge in [0, 0.05) is 30.6 Å². The number of likely N-dealkylation sites (tertiary alicyclic amines) is 1. The smallest absolute Gasteiger partial charge is 0.362 e. The molecule has 1 N–H and O–H groups in total. The summed E-state index contributed by atoms with van der Waals surface area (Å²) in [5.41, 5.74) is 2.67. The second kappa shape index (κ2) is 12.9. The SMILES string of the molecule is C=CNC(=C)C=N/C=C\C.Cc1cc(F)cc([C@H]2CCCN2C(=O)Cn2nc(C3CC3)cc2C(F)(F)F)c1C. The molecule has 0 unspecified atom stereocenters. The summed E-state index contributed by atoms with van der Waals surface area (Å²) in [6.07, 6.45) is 5.20. The number of carbonyl (C=O) groups is 1. The Kier molecular flexibility index (Phi) is 9.88. The summed E-state index contributed by atoms with van der Waals surface area (Å²) in [5, 5.41) is 6.87. The predicted octanol–water partition coefficient (Wildman–Crippen LogP) is 6.74. The number of carbonyl (C=O) groups excluding carboxylic acids is 1. The van der Waals surface area contributed by atoms with E-state index in [9.17, 15) is 22.4 Å². The van der Waals surface area contributed by atoms with Crippen molar-refractivity contribution >= 4 is 12.1 Å². The number of benzene rings is 1. The highest BCUT2D eigenvalue weighted by Crippen LogP contribution is 2.42. The van der Waals surface area contributed by atoms with Gasteiger partial charge in [0.15, 0.2) is 0 Å². The van der Waals surface area contributed by atoms with E-state index in [0.717, 1.165) is 52.4 Å². The second-order valence-electron chi connectivity index (χ2n) is 9.70. The fraction of sp³-hybridized carbons (Fsp3) is 0.414. The largest absolute Gasteiger partial charge is 0.433 e. The number of amides is 1. The fourth-order valence-electron chi connectivity index (χ4n) is 4.55. The van der Waals surface area contributed by atoms with Crippen molar-refractivity contribution in [2.45, 2.75) is 71.1 Å². The number of alkyl halides is 3. The number of aryl methyl sites for hydroxylation is 1. The van der Waals surface area contributed by atoms with Gasteiger partial charge in [0.25, 0.3) is 0 Å². The lowest BCUT2D eigenvalue weighted by Gasteiger charge is -2.27. The van der Waals surface area contributed by atoms with Gasteiger partial charge in [-0.1, -0.05) is 19.2 Å². The monoisotopic (exact) mass is 545 g/mol. The second-order valence-corrected chi connectivity index (χ2v) is 9.70. The highest BCUT2D eigenvalue weighted by Gasteiger charge is 2.40. The molecule has 1 aliphatic heterocycles. The maximum absolute atomic E-state index is 14.0. The molecule has 2 aromatic rings. The Hall–Kier alpha value is -3.69. The molecule has 39 heavy (non-hydrogen) atoms. The Balaban J connectivity index is 0.000000360. The zero-order chi connectivity index (χ0) is 28.7. The zero-order valence-corrected chi connectivity index (χ0v) is 22.6. The van der Waals surface area contributed by atoms with Gasteiger partial charge in [-0.3, -0.25) is 14.5 Å². The van der Waals surface area contributed by atoms with E-state index in [4.69, 9.17) is 0 Å². The molecule has 1 amide bonds. The highest BCUT2D eigenvalue weighted by atomic mass is 19.4. The van der Waals surface area contributed by atoms with Gasteiger partial charge in [-0.05, 0) is 87.5 Å². The maximum atomic E-state index is 14.0. The van der Waals surface area contributed by atoms with Crippen LogP contribution in [0, 0.1) is 19.7 Å². The molecule has 0 spiro atoms. The average molecular weight is 546 g/mol. The number of rotatable bonds is 8. The number of nitrogens with one attached hydrogen (secondary N) is 1. The molecule has 1 saturated carbocycles. The van der Waals surface area contributed by atoms with Crippen LogP contribution >= 0.6 is 0 Å². The Morgan fingerprint density at radius 3 is 2.56 bits per heavy atom. The molecular weight excluding hydrogens is 510 g/mol. The molecule has 210 valence electrons. The number of hydrogen-bond donors (Lipinski definition) is 1. The van der Waals surface area contributed by atoms with E-state index in [1.54, 1.807) is 23.5 Å². The van der Waals surface area contributed by atoms with Crippen LogP contribution in [-0.2, 0) is 17.5 Å². The van der Waals surface area contributed by atoms with Crippen molar-refractivity contribution in [1.29, 1.82) is 0 Å². The van der Waals surface area contributed by atoms with Crippen molar-refractivity contribution < 1.29 is 22.4 Å². The first-order valence-corrected chi connectivity index (χ1v) is 12.9. The molecule has 1 saturated heterocycles. The summed E-state index contributed by atoms with van der Waals surface area (Å²) in [7, 11) is 0. The van der Waals surface area contributed by atoms with Crippen molar-refractivity contribution in [2.75, 3.05) is 6.54 Å². The quantitative estimate of drug-likeness (QED) is 0.295. The van der Waals surface area contributed by atoms with Gasteiger partial charge in [-0.15, -0.1) is 0 Å². The molecule has 0 bridgehead atoms. The number of aromatic nitrogens is 2. The van der Waals surface area contributed by atoms with E-state index in [0.29, 0.717) is 18.7 Å². The summed E-state index contributed by atoms with van der Waals surface area (Å²) < 4.78 is 55.0. The fourth-order valence-corrected chi connectivity index (χ4v) is 4.55. The molecule has 10 heteroatoms. The third kappa shape index (κ3) is 7.91. The van der Waals surface area contributed by atoms with E-state index in [1.165, 1.54) is 12.1 Å². The van der Waals surface area contributed by atoms with Crippen molar-refractivity contribution in [3.63, 3.8) is 0 Å². The standard InChI is InChI=1S/C21H23F4N3O.C8H12N2/c1-12-8-15(22)9-16(13(12)2)18-4-3-7-27(18)20(29)11-28-19(21(23,24)25)10-17(26-28)14-5-6-14;1-4-6-9-7-8(3)10-5-2/h8-10,14,18H,3-7,11H2,1-2H3;4-7,10H,2-3H2,1H3/b;6-4-,9-7?/t18-;/m1./s1. The Morgan fingerprint density at radius 2 is 1.95 bits per heavy atom. The van der Waals surface area contributed by atoms with Crippen molar-refractivity contribution in [2.24, 2.45) is 4.99 Å². The van der Waals surface area contributed by atoms with E-state index < -0.39 is 24.3 Å². The maximum Gasteiger partial charge on any atom is 0.433 e. The lowest BCUT2D eigenvalue weighted by molar-refractivity contribution is -0.146. The molecule has 2 aliphatic rings. The molecular formula is C29H35F4N5O.